The van der Waals surface area contributed by atoms with Crippen molar-refractivity contribution in [3.05, 3.63) is 56.7 Å². The Morgan fingerprint density at radius 3 is 2.53 bits per heavy atom. The number of hydrogen-bond donors (Lipinski definition) is 2. The minimum atomic E-state index is -0.366. The molecule has 0 fully saturated rings. The minimum absolute atomic E-state index is 0.0996. The fourth-order valence-corrected chi connectivity index (χ4v) is 2.19. The summed E-state index contributed by atoms with van der Waals surface area (Å²) in [7, 11) is 0. The molecule has 3 nitrogen and oxygen atoms in total. The van der Waals surface area contributed by atoms with E-state index in [2.05, 4.69) is 31.9 Å². The van der Waals surface area contributed by atoms with Gasteiger partial charge in [0.2, 0.25) is 0 Å². The molecule has 0 saturated heterocycles. The molecule has 2 aromatic rings. The summed E-state index contributed by atoms with van der Waals surface area (Å²) in [4.78, 5) is 0. The quantitative estimate of drug-likeness (QED) is 0.604. The summed E-state index contributed by atoms with van der Waals surface area (Å²) in [6.07, 6.45) is 0. The molecule has 0 radical (unpaired) electrons. The summed E-state index contributed by atoms with van der Waals surface area (Å²) in [5.41, 5.74) is 5.97. The first-order valence-electron chi connectivity index (χ1n) is 5.24. The number of benzene rings is 2. The third-order valence-corrected chi connectivity index (χ3v) is 3.45. The van der Waals surface area contributed by atoms with E-state index in [4.69, 9.17) is 15.9 Å². The van der Waals surface area contributed by atoms with E-state index in [1.54, 1.807) is 18.2 Å². The molecule has 0 heterocycles. The van der Waals surface area contributed by atoms with Gasteiger partial charge in [-0.15, -0.1) is 0 Å². The van der Waals surface area contributed by atoms with E-state index in [1.807, 2.05) is 0 Å². The molecule has 2 rings (SSSR count). The van der Waals surface area contributed by atoms with Crippen molar-refractivity contribution < 1.29 is 9.13 Å². The standard InChI is InChI=1S/C13H9Br2FN2O/c14-7-1-4-12(9(5-7)13(17)18)19-8-2-3-11(16)10(15)6-8/h1-6H,(H3,17,18). The van der Waals surface area contributed by atoms with Gasteiger partial charge in [-0.05, 0) is 52.3 Å². The van der Waals surface area contributed by atoms with Crippen molar-refractivity contribution in [2.24, 2.45) is 5.73 Å². The number of hydrogen-bond acceptors (Lipinski definition) is 2. The lowest BCUT2D eigenvalue weighted by Gasteiger charge is -2.11. The van der Waals surface area contributed by atoms with E-state index in [-0.39, 0.29) is 11.7 Å². The topological polar surface area (TPSA) is 59.1 Å². The molecule has 0 aliphatic carbocycles. The molecule has 0 aliphatic heterocycles. The second-order valence-electron chi connectivity index (χ2n) is 3.73. The first-order chi connectivity index (χ1) is 8.97. The minimum Gasteiger partial charge on any atom is -0.457 e. The van der Waals surface area contributed by atoms with E-state index in [9.17, 15) is 4.39 Å². The maximum Gasteiger partial charge on any atom is 0.138 e. The largest absolute Gasteiger partial charge is 0.457 e. The van der Waals surface area contributed by atoms with Gasteiger partial charge in [0, 0.05) is 4.47 Å². The van der Waals surface area contributed by atoms with Gasteiger partial charge in [0.05, 0.1) is 10.0 Å². The molecule has 0 spiro atoms. The van der Waals surface area contributed by atoms with E-state index in [0.29, 0.717) is 21.5 Å². The maximum absolute atomic E-state index is 13.1. The molecule has 98 valence electrons. The molecular formula is C13H9Br2FN2O. The third kappa shape index (κ3) is 3.33. The van der Waals surface area contributed by atoms with Crippen LogP contribution in [0, 0.1) is 11.2 Å². The molecule has 6 heteroatoms. The Morgan fingerprint density at radius 2 is 1.89 bits per heavy atom. The van der Waals surface area contributed by atoms with Crippen LogP contribution in [0.5, 0.6) is 11.5 Å². The maximum atomic E-state index is 13.1. The normalized spacial score (nSPS) is 10.3. The van der Waals surface area contributed by atoms with E-state index in [0.717, 1.165) is 4.47 Å². The van der Waals surface area contributed by atoms with Crippen LogP contribution in [0.25, 0.3) is 0 Å². The predicted octanol–water partition coefficient (Wildman–Crippen LogP) is 4.43. The lowest BCUT2D eigenvalue weighted by atomic mass is 10.2. The SMILES string of the molecule is N=C(N)c1cc(Br)ccc1Oc1ccc(F)c(Br)c1. The fraction of sp³-hybridized carbons (Fsp3) is 0. The van der Waals surface area contributed by atoms with Crippen LogP contribution < -0.4 is 10.5 Å². The smallest absolute Gasteiger partial charge is 0.138 e. The molecule has 0 amide bonds. The number of amidine groups is 1. The highest BCUT2D eigenvalue weighted by Crippen LogP contribution is 2.30. The van der Waals surface area contributed by atoms with Crippen LogP contribution in [-0.4, -0.2) is 5.84 Å². The van der Waals surface area contributed by atoms with Gasteiger partial charge in [0.1, 0.15) is 23.2 Å². The highest BCUT2D eigenvalue weighted by Gasteiger charge is 2.09. The molecular weight excluding hydrogens is 379 g/mol. The predicted molar refractivity (Wildman–Crippen MR) is 79.3 cm³/mol. The molecule has 0 atom stereocenters. The molecule has 3 N–H and O–H groups in total. The molecule has 0 aromatic heterocycles. The summed E-state index contributed by atoms with van der Waals surface area (Å²) in [5, 5.41) is 7.52. The van der Waals surface area contributed by atoms with E-state index < -0.39 is 0 Å². The van der Waals surface area contributed by atoms with Gasteiger partial charge in [0.25, 0.3) is 0 Å². The van der Waals surface area contributed by atoms with Crippen molar-refractivity contribution in [1.82, 2.24) is 0 Å². The van der Waals surface area contributed by atoms with Gasteiger partial charge >= 0.3 is 0 Å². The van der Waals surface area contributed by atoms with Crippen LogP contribution in [0.3, 0.4) is 0 Å². The van der Waals surface area contributed by atoms with Crippen molar-refractivity contribution in [3.63, 3.8) is 0 Å². The number of ether oxygens (including phenoxy) is 1. The highest BCUT2D eigenvalue weighted by atomic mass is 79.9. The van der Waals surface area contributed by atoms with Crippen LogP contribution in [0.2, 0.25) is 0 Å². The Kier molecular flexibility index (Phi) is 4.21. The van der Waals surface area contributed by atoms with E-state index >= 15 is 0 Å². The Morgan fingerprint density at radius 1 is 1.16 bits per heavy atom. The van der Waals surface area contributed by atoms with E-state index in [1.165, 1.54) is 18.2 Å². The van der Waals surface area contributed by atoms with Crippen LogP contribution in [-0.2, 0) is 0 Å². The molecule has 0 aliphatic rings. The van der Waals surface area contributed by atoms with Crippen LogP contribution in [0.1, 0.15) is 5.56 Å². The van der Waals surface area contributed by atoms with Crippen molar-refractivity contribution in [2.45, 2.75) is 0 Å². The second-order valence-corrected chi connectivity index (χ2v) is 5.50. The zero-order chi connectivity index (χ0) is 14.0. The van der Waals surface area contributed by atoms with Gasteiger partial charge < -0.3 is 10.5 Å². The summed E-state index contributed by atoms with van der Waals surface area (Å²) in [6.45, 7) is 0. The first-order valence-corrected chi connectivity index (χ1v) is 6.83. The zero-order valence-electron chi connectivity index (χ0n) is 9.58. The molecule has 0 unspecified atom stereocenters. The van der Waals surface area contributed by atoms with Crippen molar-refractivity contribution in [1.29, 1.82) is 5.41 Å². The zero-order valence-corrected chi connectivity index (χ0v) is 12.8. The average Bonchev–Trinajstić information content (AvgIpc) is 2.36. The van der Waals surface area contributed by atoms with Gasteiger partial charge in [-0.3, -0.25) is 5.41 Å². The third-order valence-electron chi connectivity index (χ3n) is 2.35. The Balaban J connectivity index is 2.37. The number of nitrogens with two attached hydrogens (primary N) is 1. The van der Waals surface area contributed by atoms with Crippen LogP contribution in [0.15, 0.2) is 45.3 Å². The summed E-state index contributed by atoms with van der Waals surface area (Å²) >= 11 is 6.40. The first kappa shape index (κ1) is 14.0. The number of nitrogen functional groups attached to an aromatic ring is 1. The van der Waals surface area contributed by atoms with Crippen LogP contribution >= 0.6 is 31.9 Å². The summed E-state index contributed by atoms with van der Waals surface area (Å²) in [6, 6.07) is 9.48. The fourth-order valence-electron chi connectivity index (χ4n) is 1.47. The Hall–Kier alpha value is -1.40. The average molecular weight is 388 g/mol. The number of halogens is 3. The Labute approximate surface area is 126 Å². The van der Waals surface area contributed by atoms with Crippen molar-refractivity contribution in [2.75, 3.05) is 0 Å². The van der Waals surface area contributed by atoms with Crippen LogP contribution in [0.4, 0.5) is 4.39 Å². The molecule has 2 aromatic carbocycles. The number of rotatable bonds is 3. The summed E-state index contributed by atoms with van der Waals surface area (Å²) in [5.74, 6) is 0.430. The van der Waals surface area contributed by atoms with Gasteiger partial charge in [-0.2, -0.15) is 0 Å². The monoisotopic (exact) mass is 386 g/mol. The Bertz CT molecular complexity index is 647. The van der Waals surface area contributed by atoms with Crippen molar-refractivity contribution in [3.8, 4) is 11.5 Å². The number of nitrogens with one attached hydrogen (secondary N) is 1. The lowest BCUT2D eigenvalue weighted by Crippen LogP contribution is -2.12. The lowest BCUT2D eigenvalue weighted by molar-refractivity contribution is 0.478. The van der Waals surface area contributed by atoms with Crippen molar-refractivity contribution >= 4 is 37.7 Å². The highest BCUT2D eigenvalue weighted by molar-refractivity contribution is 9.10. The second kappa shape index (κ2) is 5.71. The van der Waals surface area contributed by atoms with Gasteiger partial charge in [-0.25, -0.2) is 4.39 Å². The van der Waals surface area contributed by atoms with Gasteiger partial charge in [0.15, 0.2) is 0 Å². The molecule has 0 bridgehead atoms. The van der Waals surface area contributed by atoms with Gasteiger partial charge in [-0.1, -0.05) is 15.9 Å². The summed E-state index contributed by atoms with van der Waals surface area (Å²) < 4.78 is 19.9. The molecule has 19 heavy (non-hydrogen) atoms. The molecule has 0 saturated carbocycles.